The Hall–Kier alpha value is -2.70. The molecule has 0 atom stereocenters. The van der Waals surface area contributed by atoms with Gasteiger partial charge < -0.3 is 14.2 Å². The van der Waals surface area contributed by atoms with Crippen molar-refractivity contribution in [1.82, 2.24) is 10.1 Å². The smallest absolute Gasteiger partial charge is 0.344 e. The van der Waals surface area contributed by atoms with Gasteiger partial charge in [0, 0.05) is 17.2 Å². The number of hydrogen-bond acceptors (Lipinski definition) is 6. The molecule has 0 aliphatic rings. The summed E-state index contributed by atoms with van der Waals surface area (Å²) in [5.41, 5.74) is 2.64. The van der Waals surface area contributed by atoms with Gasteiger partial charge in [-0.25, -0.2) is 4.79 Å². The van der Waals surface area contributed by atoms with E-state index < -0.39 is 18.4 Å². The lowest BCUT2D eigenvalue weighted by molar-refractivity contribution is 0.0470. The van der Waals surface area contributed by atoms with E-state index in [2.05, 4.69) is 10.1 Å². The van der Waals surface area contributed by atoms with Gasteiger partial charge in [0.1, 0.15) is 5.56 Å². The van der Waals surface area contributed by atoms with E-state index in [0.717, 1.165) is 0 Å². The number of H-pyrrole nitrogens is 1. The zero-order valence-corrected chi connectivity index (χ0v) is 15.3. The molecule has 2 heterocycles. The van der Waals surface area contributed by atoms with Gasteiger partial charge in [0.25, 0.3) is 0 Å². The van der Waals surface area contributed by atoms with Crippen molar-refractivity contribution in [1.29, 1.82) is 0 Å². The summed E-state index contributed by atoms with van der Waals surface area (Å²) in [7, 11) is 0. The Morgan fingerprint density at radius 2 is 1.80 bits per heavy atom. The Balaban J connectivity index is 2.16. The van der Waals surface area contributed by atoms with Crippen LogP contribution in [0.2, 0.25) is 0 Å². The molecule has 0 saturated heterocycles. The standard InChI is InChI=1S/C18H22N2O5/c1-8(2)17-15(11(5)20-25-17)18(23)24-7-13(22)16-9(3)14(12(6)21)10(4)19-16/h8,19H,7H2,1-6H3. The average molecular weight is 346 g/mol. The van der Waals surface area contributed by atoms with Gasteiger partial charge in [-0.05, 0) is 33.3 Å². The predicted octanol–water partition coefficient (Wildman–Crippen LogP) is 3.29. The lowest BCUT2D eigenvalue weighted by Gasteiger charge is -2.06. The Labute approximate surface area is 145 Å². The number of aromatic nitrogens is 2. The summed E-state index contributed by atoms with van der Waals surface area (Å²) in [6.45, 7) is 9.81. The quantitative estimate of drug-likeness (QED) is 0.636. The molecule has 134 valence electrons. The molecule has 0 spiro atoms. The fraction of sp³-hybridized carbons (Fsp3) is 0.444. The van der Waals surface area contributed by atoms with Crippen LogP contribution >= 0.6 is 0 Å². The first-order chi connectivity index (χ1) is 11.6. The minimum absolute atomic E-state index is 0.0362. The summed E-state index contributed by atoms with van der Waals surface area (Å²) in [6.07, 6.45) is 0. The normalized spacial score (nSPS) is 11.0. The molecule has 0 bridgehead atoms. The maximum absolute atomic E-state index is 12.4. The van der Waals surface area contributed by atoms with Gasteiger partial charge in [-0.2, -0.15) is 0 Å². The molecule has 2 aromatic rings. The molecule has 25 heavy (non-hydrogen) atoms. The van der Waals surface area contributed by atoms with E-state index in [9.17, 15) is 14.4 Å². The number of nitrogens with zero attached hydrogens (tertiary/aromatic N) is 1. The average Bonchev–Trinajstić information content (AvgIpc) is 3.04. The fourth-order valence-corrected chi connectivity index (χ4v) is 2.86. The van der Waals surface area contributed by atoms with Gasteiger partial charge in [-0.15, -0.1) is 0 Å². The van der Waals surface area contributed by atoms with Gasteiger partial charge in [0.2, 0.25) is 5.78 Å². The van der Waals surface area contributed by atoms with Crippen LogP contribution in [0.1, 0.15) is 80.6 Å². The largest absolute Gasteiger partial charge is 0.453 e. The molecule has 0 aromatic carbocycles. The molecule has 0 amide bonds. The Morgan fingerprint density at radius 3 is 2.32 bits per heavy atom. The van der Waals surface area contributed by atoms with Crippen LogP contribution in [0.15, 0.2) is 4.52 Å². The first kappa shape index (κ1) is 18.6. The zero-order valence-electron chi connectivity index (χ0n) is 15.3. The first-order valence-corrected chi connectivity index (χ1v) is 8.01. The lowest BCUT2D eigenvalue weighted by Crippen LogP contribution is -2.17. The highest BCUT2D eigenvalue weighted by Crippen LogP contribution is 2.23. The summed E-state index contributed by atoms with van der Waals surface area (Å²) in [5.74, 6) is -0.777. The van der Waals surface area contributed by atoms with Crippen molar-refractivity contribution in [2.75, 3.05) is 6.61 Å². The summed E-state index contributed by atoms with van der Waals surface area (Å²) in [5, 5.41) is 3.79. The van der Waals surface area contributed by atoms with Crippen molar-refractivity contribution >= 4 is 17.5 Å². The monoisotopic (exact) mass is 346 g/mol. The van der Waals surface area contributed by atoms with Gasteiger partial charge >= 0.3 is 5.97 Å². The maximum atomic E-state index is 12.4. The van der Waals surface area contributed by atoms with Crippen molar-refractivity contribution in [3.05, 3.63) is 39.5 Å². The molecule has 0 aliphatic heterocycles. The number of carbonyl (C=O) groups is 3. The molecular weight excluding hydrogens is 324 g/mol. The third-order valence-corrected chi connectivity index (χ3v) is 4.02. The number of esters is 1. The second-order valence-electron chi connectivity index (χ2n) is 6.34. The molecule has 0 fully saturated rings. The van der Waals surface area contributed by atoms with Crippen molar-refractivity contribution in [2.45, 2.75) is 47.5 Å². The molecule has 1 N–H and O–H groups in total. The molecule has 7 heteroatoms. The van der Waals surface area contributed by atoms with Crippen LogP contribution in [0.4, 0.5) is 0 Å². The van der Waals surface area contributed by atoms with E-state index in [1.165, 1.54) is 6.92 Å². The third kappa shape index (κ3) is 3.55. The van der Waals surface area contributed by atoms with Crippen LogP contribution in [0.25, 0.3) is 0 Å². The van der Waals surface area contributed by atoms with Gasteiger partial charge in [-0.1, -0.05) is 19.0 Å². The fourth-order valence-electron chi connectivity index (χ4n) is 2.86. The number of ketones is 2. The van der Waals surface area contributed by atoms with Crippen LogP contribution in [-0.4, -0.2) is 34.3 Å². The van der Waals surface area contributed by atoms with E-state index >= 15 is 0 Å². The Kier molecular flexibility index (Phi) is 5.25. The summed E-state index contributed by atoms with van der Waals surface area (Å²) in [4.78, 5) is 39.2. The van der Waals surface area contributed by atoms with Gasteiger partial charge in [0.05, 0.1) is 11.4 Å². The van der Waals surface area contributed by atoms with Crippen molar-refractivity contribution in [3.8, 4) is 0 Å². The number of carbonyl (C=O) groups excluding carboxylic acids is 3. The summed E-state index contributed by atoms with van der Waals surface area (Å²) < 4.78 is 10.3. The van der Waals surface area contributed by atoms with E-state index in [0.29, 0.717) is 28.3 Å². The van der Waals surface area contributed by atoms with Crippen LogP contribution in [0.5, 0.6) is 0 Å². The molecule has 0 unspecified atom stereocenters. The third-order valence-electron chi connectivity index (χ3n) is 4.02. The number of rotatable bonds is 6. The number of hydrogen-bond donors (Lipinski definition) is 1. The minimum atomic E-state index is -0.650. The van der Waals surface area contributed by atoms with Crippen LogP contribution < -0.4 is 0 Å². The predicted molar refractivity (Wildman–Crippen MR) is 90.2 cm³/mol. The summed E-state index contributed by atoms with van der Waals surface area (Å²) in [6, 6.07) is 0. The Bertz CT molecular complexity index is 842. The van der Waals surface area contributed by atoms with Crippen molar-refractivity contribution in [3.63, 3.8) is 0 Å². The lowest BCUT2D eigenvalue weighted by atomic mass is 10.1. The molecule has 7 nitrogen and oxygen atoms in total. The molecule has 0 radical (unpaired) electrons. The van der Waals surface area contributed by atoms with Crippen LogP contribution in [-0.2, 0) is 4.74 Å². The SMILES string of the molecule is CC(=O)c1c(C)[nH]c(C(=O)COC(=O)c2c(C)noc2C(C)C)c1C. The van der Waals surface area contributed by atoms with E-state index in [1.807, 2.05) is 13.8 Å². The molecule has 0 saturated carbocycles. The molecule has 2 aromatic heterocycles. The van der Waals surface area contributed by atoms with E-state index in [-0.39, 0.29) is 23.0 Å². The topological polar surface area (TPSA) is 102 Å². The van der Waals surface area contributed by atoms with E-state index in [1.54, 1.807) is 20.8 Å². The van der Waals surface area contributed by atoms with Crippen molar-refractivity contribution in [2.24, 2.45) is 0 Å². The number of nitrogens with one attached hydrogen (secondary N) is 1. The maximum Gasteiger partial charge on any atom is 0.344 e. The molecule has 0 aliphatic carbocycles. The second-order valence-corrected chi connectivity index (χ2v) is 6.34. The van der Waals surface area contributed by atoms with Crippen LogP contribution in [0, 0.1) is 20.8 Å². The molecular formula is C18H22N2O5. The van der Waals surface area contributed by atoms with Crippen molar-refractivity contribution < 1.29 is 23.6 Å². The highest BCUT2D eigenvalue weighted by atomic mass is 16.5. The van der Waals surface area contributed by atoms with Crippen LogP contribution in [0.3, 0.4) is 0 Å². The second kappa shape index (κ2) is 7.04. The number of ether oxygens (including phenoxy) is 1. The highest BCUT2D eigenvalue weighted by Gasteiger charge is 2.26. The van der Waals surface area contributed by atoms with E-state index in [4.69, 9.17) is 9.26 Å². The number of aromatic amines is 1. The number of aryl methyl sites for hydroxylation is 2. The highest BCUT2D eigenvalue weighted by molar-refractivity contribution is 6.04. The Morgan fingerprint density at radius 1 is 1.16 bits per heavy atom. The summed E-state index contributed by atoms with van der Waals surface area (Å²) >= 11 is 0. The molecule has 2 rings (SSSR count). The van der Waals surface area contributed by atoms with Gasteiger partial charge in [-0.3, -0.25) is 9.59 Å². The number of Topliss-reactive ketones (excluding diaryl/α,β-unsaturated/α-hetero) is 2. The zero-order chi connectivity index (χ0) is 18.9. The minimum Gasteiger partial charge on any atom is -0.453 e. The van der Waals surface area contributed by atoms with Gasteiger partial charge in [0.15, 0.2) is 18.2 Å². The first-order valence-electron chi connectivity index (χ1n) is 8.01.